The summed E-state index contributed by atoms with van der Waals surface area (Å²) in [6.45, 7) is 3.01. The molecule has 3 heterocycles. The number of hydrogen-bond acceptors (Lipinski definition) is 5. The molecule has 0 unspecified atom stereocenters. The molecule has 7 nitrogen and oxygen atoms in total. The van der Waals surface area contributed by atoms with E-state index in [-0.39, 0.29) is 22.6 Å². The molecule has 3 fully saturated rings. The summed E-state index contributed by atoms with van der Waals surface area (Å²) in [6, 6.07) is 1.55. The predicted octanol–water partition coefficient (Wildman–Crippen LogP) is 2.01. The van der Waals surface area contributed by atoms with Crippen LogP contribution in [0.5, 0.6) is 0 Å². The molecule has 0 bridgehead atoms. The molecule has 0 N–H and O–H groups in total. The van der Waals surface area contributed by atoms with E-state index < -0.39 is 10.0 Å². The topological polar surface area (TPSA) is 78.0 Å². The first kappa shape index (κ1) is 19.8. The molecule has 0 radical (unpaired) electrons. The molecule has 28 heavy (non-hydrogen) atoms. The lowest BCUT2D eigenvalue weighted by molar-refractivity contribution is -0.139. The van der Waals surface area contributed by atoms with Gasteiger partial charge in [-0.2, -0.15) is 4.31 Å². The Morgan fingerprint density at radius 1 is 0.893 bits per heavy atom. The third kappa shape index (κ3) is 3.71. The Labute approximate surface area is 170 Å². The van der Waals surface area contributed by atoms with Crippen LogP contribution in [0.2, 0.25) is 0 Å². The highest BCUT2D eigenvalue weighted by atomic mass is 32.2. The number of carbonyl (C=O) groups excluding carboxylic acids is 2. The number of rotatable bonds is 4. The summed E-state index contributed by atoms with van der Waals surface area (Å²) in [5.41, 5.74) is 0. The predicted molar refractivity (Wildman–Crippen MR) is 107 cm³/mol. The van der Waals surface area contributed by atoms with Crippen LogP contribution >= 0.6 is 11.3 Å². The van der Waals surface area contributed by atoms with Gasteiger partial charge in [-0.1, -0.05) is 12.8 Å². The van der Waals surface area contributed by atoms with E-state index in [9.17, 15) is 18.0 Å². The van der Waals surface area contributed by atoms with Crippen molar-refractivity contribution in [3.8, 4) is 0 Å². The number of nitrogens with zero attached hydrogens (tertiary/aromatic N) is 3. The van der Waals surface area contributed by atoms with Crippen LogP contribution in [0.1, 0.15) is 48.2 Å². The summed E-state index contributed by atoms with van der Waals surface area (Å²) < 4.78 is 27.5. The molecular weight excluding hydrogens is 398 g/mol. The number of piperidine rings is 1. The van der Waals surface area contributed by atoms with E-state index in [4.69, 9.17) is 0 Å². The molecule has 2 amide bonds. The Bertz CT molecular complexity index is 833. The van der Waals surface area contributed by atoms with Crippen LogP contribution in [0, 0.1) is 5.92 Å². The van der Waals surface area contributed by atoms with E-state index in [2.05, 4.69) is 0 Å². The van der Waals surface area contributed by atoms with Crippen LogP contribution < -0.4 is 0 Å². The van der Waals surface area contributed by atoms with Gasteiger partial charge in [-0.15, -0.1) is 11.3 Å². The summed E-state index contributed by atoms with van der Waals surface area (Å²) in [5, 5.41) is 1.68. The molecule has 4 rings (SSSR count). The maximum atomic E-state index is 13.0. The van der Waals surface area contributed by atoms with E-state index in [0.29, 0.717) is 44.1 Å². The first-order valence-electron chi connectivity index (χ1n) is 10.1. The minimum Gasteiger partial charge on any atom is -0.339 e. The Balaban J connectivity index is 1.43. The van der Waals surface area contributed by atoms with Crippen LogP contribution in [-0.2, 0) is 14.8 Å². The van der Waals surface area contributed by atoms with Gasteiger partial charge in [0.15, 0.2) is 0 Å². The van der Waals surface area contributed by atoms with E-state index in [1.54, 1.807) is 16.3 Å². The number of carbonyl (C=O) groups is 2. The standard InChI is InChI=1S/C19H27N3O4S2/c23-18(15-5-4-6-15)20-10-12-21(13-11-20)19(24)17-16(7-14-27-17)28(25,26)22-8-2-1-3-9-22/h7,14-15H,1-6,8-13H2. The highest BCUT2D eigenvalue weighted by molar-refractivity contribution is 7.89. The van der Waals surface area contributed by atoms with Crippen molar-refractivity contribution in [2.45, 2.75) is 43.4 Å². The fourth-order valence-corrected chi connectivity index (χ4v) is 6.97. The van der Waals surface area contributed by atoms with Crippen molar-refractivity contribution in [2.24, 2.45) is 5.92 Å². The zero-order chi connectivity index (χ0) is 19.7. The third-order valence-corrected chi connectivity index (χ3v) is 9.06. The zero-order valence-electron chi connectivity index (χ0n) is 16.0. The van der Waals surface area contributed by atoms with Gasteiger partial charge < -0.3 is 9.80 Å². The molecule has 1 aromatic rings. The molecule has 1 aliphatic carbocycles. The first-order valence-corrected chi connectivity index (χ1v) is 12.5. The second-order valence-electron chi connectivity index (χ2n) is 7.82. The van der Waals surface area contributed by atoms with Gasteiger partial charge in [-0.05, 0) is 37.1 Å². The van der Waals surface area contributed by atoms with Crippen molar-refractivity contribution in [1.29, 1.82) is 0 Å². The maximum absolute atomic E-state index is 13.0. The molecule has 3 aliphatic rings. The fourth-order valence-electron chi connectivity index (χ4n) is 4.09. The van der Waals surface area contributed by atoms with E-state index in [1.807, 2.05) is 4.90 Å². The minimum absolute atomic E-state index is 0.136. The molecule has 9 heteroatoms. The van der Waals surface area contributed by atoms with Crippen LogP contribution in [0.25, 0.3) is 0 Å². The summed E-state index contributed by atoms with van der Waals surface area (Å²) in [7, 11) is -3.63. The highest BCUT2D eigenvalue weighted by Crippen LogP contribution is 2.30. The summed E-state index contributed by atoms with van der Waals surface area (Å²) in [4.78, 5) is 29.4. The number of amides is 2. The SMILES string of the molecule is O=C(c1sccc1S(=O)(=O)N1CCCCC1)N1CCN(C(=O)C2CCC2)CC1. The highest BCUT2D eigenvalue weighted by Gasteiger charge is 2.35. The van der Waals surface area contributed by atoms with Crippen LogP contribution in [0.15, 0.2) is 16.3 Å². The van der Waals surface area contributed by atoms with Gasteiger partial charge in [-0.3, -0.25) is 9.59 Å². The molecule has 2 saturated heterocycles. The van der Waals surface area contributed by atoms with E-state index in [1.165, 1.54) is 15.6 Å². The molecule has 0 atom stereocenters. The normalized spacial score (nSPS) is 22.1. The van der Waals surface area contributed by atoms with Gasteiger partial charge >= 0.3 is 0 Å². The molecule has 1 aromatic heterocycles. The summed E-state index contributed by atoms with van der Waals surface area (Å²) in [6.07, 6.45) is 5.86. The Hall–Kier alpha value is -1.45. The lowest BCUT2D eigenvalue weighted by Gasteiger charge is -2.38. The summed E-state index contributed by atoms with van der Waals surface area (Å²) >= 11 is 1.19. The Kier molecular flexibility index (Phi) is 5.76. The van der Waals surface area contributed by atoms with Crippen molar-refractivity contribution in [2.75, 3.05) is 39.3 Å². The monoisotopic (exact) mass is 425 g/mol. The van der Waals surface area contributed by atoms with Crippen molar-refractivity contribution in [3.05, 3.63) is 16.3 Å². The van der Waals surface area contributed by atoms with Crippen LogP contribution in [0.4, 0.5) is 0 Å². The van der Waals surface area contributed by atoms with Gasteiger partial charge in [0.2, 0.25) is 15.9 Å². The smallest absolute Gasteiger partial charge is 0.265 e. The van der Waals surface area contributed by atoms with E-state index in [0.717, 1.165) is 38.5 Å². The van der Waals surface area contributed by atoms with Gasteiger partial charge in [0.1, 0.15) is 9.77 Å². The lowest BCUT2D eigenvalue weighted by atomic mass is 9.84. The largest absolute Gasteiger partial charge is 0.339 e. The van der Waals surface area contributed by atoms with Crippen molar-refractivity contribution >= 4 is 33.2 Å². The van der Waals surface area contributed by atoms with Crippen LogP contribution in [0.3, 0.4) is 0 Å². The number of piperazine rings is 1. The first-order chi connectivity index (χ1) is 13.5. The third-order valence-electron chi connectivity index (χ3n) is 6.09. The maximum Gasteiger partial charge on any atom is 0.265 e. The zero-order valence-corrected chi connectivity index (χ0v) is 17.6. The van der Waals surface area contributed by atoms with Crippen molar-refractivity contribution in [3.63, 3.8) is 0 Å². The van der Waals surface area contributed by atoms with E-state index >= 15 is 0 Å². The minimum atomic E-state index is -3.63. The average molecular weight is 426 g/mol. The average Bonchev–Trinajstić information content (AvgIpc) is 3.17. The Morgan fingerprint density at radius 3 is 2.14 bits per heavy atom. The quantitative estimate of drug-likeness (QED) is 0.739. The lowest BCUT2D eigenvalue weighted by Crippen LogP contribution is -2.52. The molecule has 154 valence electrons. The second kappa shape index (κ2) is 8.12. The van der Waals surface area contributed by atoms with Crippen LogP contribution in [-0.4, -0.2) is 73.6 Å². The number of sulfonamides is 1. The Morgan fingerprint density at radius 2 is 1.54 bits per heavy atom. The van der Waals surface area contributed by atoms with Crippen molar-refractivity contribution < 1.29 is 18.0 Å². The van der Waals surface area contributed by atoms with Gasteiger partial charge in [0, 0.05) is 45.2 Å². The second-order valence-corrected chi connectivity index (χ2v) is 10.6. The molecule has 2 aliphatic heterocycles. The summed E-state index contributed by atoms with van der Waals surface area (Å²) in [5.74, 6) is 0.144. The molecule has 0 aromatic carbocycles. The molecule has 1 saturated carbocycles. The molecule has 0 spiro atoms. The fraction of sp³-hybridized carbons (Fsp3) is 0.684. The number of hydrogen-bond donors (Lipinski definition) is 0. The van der Waals surface area contributed by atoms with Gasteiger partial charge in [-0.25, -0.2) is 8.42 Å². The molecular formula is C19H27N3O4S2. The van der Waals surface area contributed by atoms with Gasteiger partial charge in [0.05, 0.1) is 0 Å². The number of thiophene rings is 1. The van der Waals surface area contributed by atoms with Gasteiger partial charge in [0.25, 0.3) is 5.91 Å². The van der Waals surface area contributed by atoms with Crippen molar-refractivity contribution in [1.82, 2.24) is 14.1 Å².